The Hall–Kier alpha value is -1.27. The van der Waals surface area contributed by atoms with Gasteiger partial charge in [-0.25, -0.2) is 8.42 Å². The third kappa shape index (κ3) is 3.64. The quantitative estimate of drug-likeness (QED) is 0.890. The van der Waals surface area contributed by atoms with Gasteiger partial charge in [-0.05, 0) is 31.0 Å². The number of halogens is 1. The lowest BCUT2D eigenvalue weighted by Crippen LogP contribution is -2.41. The minimum Gasteiger partial charge on any atom is -0.387 e. The molecule has 20 heavy (non-hydrogen) atoms. The highest BCUT2D eigenvalue weighted by Crippen LogP contribution is 2.21. The van der Waals surface area contributed by atoms with Gasteiger partial charge in [0.25, 0.3) is 5.91 Å². The third-order valence-electron chi connectivity index (χ3n) is 3.39. The van der Waals surface area contributed by atoms with Crippen molar-refractivity contribution in [1.29, 1.82) is 0 Å². The van der Waals surface area contributed by atoms with Crippen molar-refractivity contribution >= 4 is 33.0 Å². The van der Waals surface area contributed by atoms with Gasteiger partial charge in [0.05, 0.1) is 17.1 Å². The Morgan fingerprint density at radius 1 is 1.30 bits per heavy atom. The number of hydrogen-bond donors (Lipinski definition) is 2. The molecule has 1 aromatic rings. The second-order valence-corrected chi connectivity index (χ2v) is 7.58. The fraction of sp³-hybridized carbons (Fsp3) is 0.462. The van der Waals surface area contributed by atoms with Crippen molar-refractivity contribution in [2.75, 3.05) is 23.9 Å². The number of nitrogens with one attached hydrogen (secondary N) is 2. The van der Waals surface area contributed by atoms with Crippen LogP contribution in [0.15, 0.2) is 18.2 Å². The van der Waals surface area contributed by atoms with Gasteiger partial charge in [0, 0.05) is 23.8 Å². The van der Waals surface area contributed by atoms with Crippen LogP contribution >= 0.6 is 11.6 Å². The number of rotatable bonds is 3. The number of hydrogen-bond acceptors (Lipinski definition) is 4. The summed E-state index contributed by atoms with van der Waals surface area (Å²) in [5.74, 6) is 0.0276. The molecule has 0 spiro atoms. The summed E-state index contributed by atoms with van der Waals surface area (Å²) < 4.78 is 22.7. The van der Waals surface area contributed by atoms with Crippen LogP contribution in [0, 0.1) is 0 Å². The van der Waals surface area contributed by atoms with Crippen molar-refractivity contribution in [2.24, 2.45) is 0 Å². The predicted octanol–water partition coefficient (Wildman–Crippen LogP) is 1.69. The second kappa shape index (κ2) is 6.01. The molecular weight excluding hydrogens is 300 g/mol. The zero-order chi connectivity index (χ0) is 14.8. The first-order valence-electron chi connectivity index (χ1n) is 6.40. The fourth-order valence-electron chi connectivity index (χ4n) is 2.22. The molecule has 0 bridgehead atoms. The predicted molar refractivity (Wildman–Crippen MR) is 80.1 cm³/mol. The smallest absolute Gasteiger partial charge is 0.253 e. The van der Waals surface area contributed by atoms with E-state index in [-0.39, 0.29) is 23.5 Å². The number of benzene rings is 1. The Kier molecular flexibility index (Phi) is 4.55. The van der Waals surface area contributed by atoms with E-state index < -0.39 is 9.84 Å². The minimum absolute atomic E-state index is 0.102. The van der Waals surface area contributed by atoms with Crippen molar-refractivity contribution < 1.29 is 13.2 Å². The molecule has 1 aliphatic heterocycles. The first kappa shape index (κ1) is 15.1. The first-order valence-corrected chi connectivity index (χ1v) is 8.60. The van der Waals surface area contributed by atoms with Crippen LogP contribution in [-0.2, 0) is 9.84 Å². The number of carbonyl (C=O) groups excluding carboxylic acids is 1. The normalized spacial score (nSPS) is 18.5. The van der Waals surface area contributed by atoms with E-state index in [2.05, 4.69) is 10.6 Å². The van der Waals surface area contributed by atoms with E-state index >= 15 is 0 Å². The van der Waals surface area contributed by atoms with E-state index in [9.17, 15) is 13.2 Å². The van der Waals surface area contributed by atoms with E-state index in [1.807, 2.05) is 0 Å². The molecule has 1 fully saturated rings. The fourth-order valence-corrected chi connectivity index (χ4v) is 3.88. The van der Waals surface area contributed by atoms with Crippen LogP contribution in [0.4, 0.5) is 5.69 Å². The van der Waals surface area contributed by atoms with E-state index in [0.717, 1.165) is 0 Å². The maximum Gasteiger partial charge on any atom is 0.253 e. The Morgan fingerprint density at radius 3 is 2.55 bits per heavy atom. The van der Waals surface area contributed by atoms with Gasteiger partial charge in [0.2, 0.25) is 0 Å². The second-order valence-electron chi connectivity index (χ2n) is 4.84. The standard InChI is InChI=1S/C13H17ClN2O3S/c1-15-12-3-2-9(14)8-11(12)13(17)16-10-4-6-20(18,19)7-5-10/h2-3,8,10,15H,4-7H2,1H3,(H,16,17). The van der Waals surface area contributed by atoms with Crippen molar-refractivity contribution in [3.63, 3.8) is 0 Å². The molecule has 0 atom stereocenters. The van der Waals surface area contributed by atoms with Gasteiger partial charge in [-0.1, -0.05) is 11.6 Å². The summed E-state index contributed by atoms with van der Waals surface area (Å²) >= 11 is 5.91. The maximum absolute atomic E-state index is 12.2. The van der Waals surface area contributed by atoms with E-state index in [0.29, 0.717) is 29.1 Å². The SMILES string of the molecule is CNc1ccc(Cl)cc1C(=O)NC1CCS(=O)(=O)CC1. The number of sulfone groups is 1. The molecule has 5 nitrogen and oxygen atoms in total. The maximum atomic E-state index is 12.2. The van der Waals surface area contributed by atoms with Gasteiger partial charge in [-0.3, -0.25) is 4.79 Å². The van der Waals surface area contributed by atoms with Gasteiger partial charge >= 0.3 is 0 Å². The molecule has 2 rings (SSSR count). The first-order chi connectivity index (χ1) is 9.41. The average Bonchev–Trinajstić information content (AvgIpc) is 2.41. The molecule has 1 saturated heterocycles. The van der Waals surface area contributed by atoms with Crippen LogP contribution in [0.5, 0.6) is 0 Å². The summed E-state index contributed by atoms with van der Waals surface area (Å²) in [4.78, 5) is 12.2. The van der Waals surface area contributed by atoms with Crippen LogP contribution in [0.3, 0.4) is 0 Å². The molecule has 2 N–H and O–H groups in total. The number of carbonyl (C=O) groups is 1. The lowest BCUT2D eigenvalue weighted by atomic mass is 10.1. The topological polar surface area (TPSA) is 75.3 Å². The largest absolute Gasteiger partial charge is 0.387 e. The summed E-state index contributed by atoms with van der Waals surface area (Å²) in [6.07, 6.45) is 0.924. The molecule has 0 aromatic heterocycles. The highest BCUT2D eigenvalue weighted by atomic mass is 35.5. The van der Waals surface area contributed by atoms with Gasteiger partial charge < -0.3 is 10.6 Å². The summed E-state index contributed by atoms with van der Waals surface area (Å²) in [5.41, 5.74) is 1.16. The molecule has 0 unspecified atom stereocenters. The Bertz CT molecular complexity index is 602. The monoisotopic (exact) mass is 316 g/mol. The number of anilines is 1. The van der Waals surface area contributed by atoms with Crippen LogP contribution in [-0.4, -0.2) is 38.9 Å². The molecule has 110 valence electrons. The molecule has 1 heterocycles. The van der Waals surface area contributed by atoms with Crippen LogP contribution in [0.25, 0.3) is 0 Å². The van der Waals surface area contributed by atoms with Gasteiger partial charge in [0.1, 0.15) is 9.84 Å². The van der Waals surface area contributed by atoms with Crippen LogP contribution in [0.2, 0.25) is 5.02 Å². The third-order valence-corrected chi connectivity index (χ3v) is 5.34. The van der Waals surface area contributed by atoms with E-state index in [1.54, 1.807) is 25.2 Å². The van der Waals surface area contributed by atoms with Crippen molar-refractivity contribution in [3.8, 4) is 0 Å². The summed E-state index contributed by atoms with van der Waals surface area (Å²) in [6.45, 7) is 0. The molecular formula is C13H17ClN2O3S. The van der Waals surface area contributed by atoms with Gasteiger partial charge in [0.15, 0.2) is 0 Å². The molecule has 0 saturated carbocycles. The Morgan fingerprint density at radius 2 is 1.95 bits per heavy atom. The van der Waals surface area contributed by atoms with E-state index in [1.165, 1.54) is 0 Å². The van der Waals surface area contributed by atoms with Crippen LogP contribution in [0.1, 0.15) is 23.2 Å². The molecule has 1 aromatic carbocycles. The zero-order valence-electron chi connectivity index (χ0n) is 11.1. The molecule has 1 aliphatic rings. The van der Waals surface area contributed by atoms with E-state index in [4.69, 9.17) is 11.6 Å². The molecule has 0 radical (unpaired) electrons. The average molecular weight is 317 g/mol. The highest BCUT2D eigenvalue weighted by Gasteiger charge is 2.25. The molecule has 1 amide bonds. The minimum atomic E-state index is -2.92. The van der Waals surface area contributed by atoms with Crippen molar-refractivity contribution in [1.82, 2.24) is 5.32 Å². The molecule has 0 aliphatic carbocycles. The van der Waals surface area contributed by atoms with Gasteiger partial charge in [-0.15, -0.1) is 0 Å². The lowest BCUT2D eigenvalue weighted by molar-refractivity contribution is 0.0935. The Labute approximate surface area is 123 Å². The Balaban J connectivity index is 2.07. The zero-order valence-corrected chi connectivity index (χ0v) is 12.7. The number of amides is 1. The summed E-state index contributed by atoms with van der Waals surface area (Å²) in [6, 6.07) is 4.94. The highest BCUT2D eigenvalue weighted by molar-refractivity contribution is 7.91. The lowest BCUT2D eigenvalue weighted by Gasteiger charge is -2.23. The van der Waals surface area contributed by atoms with Crippen LogP contribution < -0.4 is 10.6 Å². The van der Waals surface area contributed by atoms with Crippen molar-refractivity contribution in [2.45, 2.75) is 18.9 Å². The van der Waals surface area contributed by atoms with Crippen molar-refractivity contribution in [3.05, 3.63) is 28.8 Å². The van der Waals surface area contributed by atoms with Gasteiger partial charge in [-0.2, -0.15) is 0 Å². The summed E-state index contributed by atoms with van der Waals surface area (Å²) in [5, 5.41) is 6.30. The molecule has 7 heteroatoms. The summed E-state index contributed by atoms with van der Waals surface area (Å²) in [7, 11) is -1.19.